The fourth-order valence-electron chi connectivity index (χ4n) is 1.31. The summed E-state index contributed by atoms with van der Waals surface area (Å²) in [5.74, 6) is 0.583. The summed E-state index contributed by atoms with van der Waals surface area (Å²) < 4.78 is 0. The Hall–Kier alpha value is -0.550. The summed E-state index contributed by atoms with van der Waals surface area (Å²) in [6.45, 7) is 6.38. The molecule has 0 aromatic carbocycles. The fourth-order valence-corrected chi connectivity index (χ4v) is 1.31. The lowest BCUT2D eigenvalue weighted by Gasteiger charge is -2.16. The Balaban J connectivity index is 3.51. The lowest BCUT2D eigenvalue weighted by Crippen LogP contribution is -2.08. The monoisotopic (exact) mass is 183 g/mol. The van der Waals surface area contributed by atoms with Crippen LogP contribution in [0.15, 0.2) is 0 Å². The summed E-state index contributed by atoms with van der Waals surface area (Å²) in [6.07, 6.45) is 4.04. The molecule has 0 aliphatic heterocycles. The van der Waals surface area contributed by atoms with E-state index in [1.165, 1.54) is 0 Å². The molecule has 2 heteroatoms. The fraction of sp³-hybridized carbons (Fsp3) is 0.909. The second kappa shape index (κ2) is 5.99. The molecule has 0 rings (SSSR count). The molecule has 1 N–H and O–H groups in total. The predicted molar refractivity (Wildman–Crippen MR) is 54.1 cm³/mol. The van der Waals surface area contributed by atoms with Gasteiger partial charge in [-0.25, -0.2) is 0 Å². The van der Waals surface area contributed by atoms with Crippen LogP contribution in [0.1, 0.15) is 46.5 Å². The molecular formula is C11H21NO. The lowest BCUT2D eigenvalue weighted by molar-refractivity contribution is 0.254. The Morgan fingerprint density at radius 2 is 2.00 bits per heavy atom. The van der Waals surface area contributed by atoms with Crippen LogP contribution in [0.5, 0.6) is 0 Å². The largest absolute Gasteiger partial charge is 0.396 e. The van der Waals surface area contributed by atoms with Gasteiger partial charge in [-0.2, -0.15) is 5.26 Å². The van der Waals surface area contributed by atoms with Gasteiger partial charge in [-0.05, 0) is 32.6 Å². The molecule has 0 aromatic rings. The first-order valence-electron chi connectivity index (χ1n) is 5.04. The van der Waals surface area contributed by atoms with Crippen LogP contribution >= 0.6 is 0 Å². The maximum absolute atomic E-state index is 8.77. The van der Waals surface area contributed by atoms with Crippen molar-refractivity contribution in [3.05, 3.63) is 0 Å². The molecule has 2 nitrogen and oxygen atoms in total. The Kier molecular flexibility index (Phi) is 5.73. The van der Waals surface area contributed by atoms with Crippen LogP contribution < -0.4 is 0 Å². The average Bonchev–Trinajstić information content (AvgIpc) is 2.05. The molecule has 13 heavy (non-hydrogen) atoms. The van der Waals surface area contributed by atoms with Crippen LogP contribution in [-0.4, -0.2) is 11.7 Å². The SMILES string of the molecule is CC(CCO)CCCC(C)(C)C#N. The van der Waals surface area contributed by atoms with Gasteiger partial charge in [0.2, 0.25) is 0 Å². The number of hydrogen-bond acceptors (Lipinski definition) is 2. The minimum atomic E-state index is -0.182. The first kappa shape index (κ1) is 12.4. The van der Waals surface area contributed by atoms with E-state index in [2.05, 4.69) is 13.0 Å². The van der Waals surface area contributed by atoms with E-state index < -0.39 is 0 Å². The van der Waals surface area contributed by atoms with E-state index in [0.717, 1.165) is 25.7 Å². The van der Waals surface area contributed by atoms with Gasteiger partial charge in [-0.1, -0.05) is 19.8 Å². The van der Waals surface area contributed by atoms with E-state index in [1.807, 2.05) is 13.8 Å². The molecule has 0 amide bonds. The summed E-state index contributed by atoms with van der Waals surface area (Å²) in [5.41, 5.74) is -0.182. The third-order valence-corrected chi connectivity index (χ3v) is 2.42. The van der Waals surface area contributed by atoms with Crippen molar-refractivity contribution in [2.75, 3.05) is 6.61 Å². The van der Waals surface area contributed by atoms with Crippen molar-refractivity contribution in [3.8, 4) is 6.07 Å². The molecule has 1 unspecified atom stereocenters. The molecule has 1 atom stereocenters. The molecule has 0 aromatic heterocycles. The van der Waals surface area contributed by atoms with Gasteiger partial charge >= 0.3 is 0 Å². The summed E-state index contributed by atoms with van der Waals surface area (Å²) in [4.78, 5) is 0. The van der Waals surface area contributed by atoms with Crippen molar-refractivity contribution < 1.29 is 5.11 Å². The van der Waals surface area contributed by atoms with Crippen molar-refractivity contribution in [3.63, 3.8) is 0 Å². The van der Waals surface area contributed by atoms with Gasteiger partial charge in [0.25, 0.3) is 0 Å². The summed E-state index contributed by atoms with van der Waals surface area (Å²) >= 11 is 0. The number of rotatable bonds is 6. The summed E-state index contributed by atoms with van der Waals surface area (Å²) in [6, 6.07) is 2.30. The average molecular weight is 183 g/mol. The van der Waals surface area contributed by atoms with Crippen molar-refractivity contribution in [1.82, 2.24) is 0 Å². The predicted octanol–water partition coefficient (Wildman–Crippen LogP) is 2.72. The van der Waals surface area contributed by atoms with Gasteiger partial charge in [-0.3, -0.25) is 0 Å². The van der Waals surface area contributed by atoms with Gasteiger partial charge in [0.15, 0.2) is 0 Å². The zero-order valence-corrected chi connectivity index (χ0v) is 9.01. The van der Waals surface area contributed by atoms with Crippen LogP contribution in [0, 0.1) is 22.7 Å². The van der Waals surface area contributed by atoms with E-state index in [0.29, 0.717) is 5.92 Å². The van der Waals surface area contributed by atoms with Gasteiger partial charge in [-0.15, -0.1) is 0 Å². The van der Waals surface area contributed by atoms with Crippen molar-refractivity contribution in [2.24, 2.45) is 11.3 Å². The molecular weight excluding hydrogens is 162 g/mol. The van der Waals surface area contributed by atoms with Gasteiger partial charge in [0.05, 0.1) is 11.5 Å². The minimum Gasteiger partial charge on any atom is -0.396 e. The topological polar surface area (TPSA) is 44.0 Å². The quantitative estimate of drug-likeness (QED) is 0.688. The Labute approximate surface area is 81.6 Å². The van der Waals surface area contributed by atoms with Crippen molar-refractivity contribution >= 4 is 0 Å². The van der Waals surface area contributed by atoms with E-state index in [1.54, 1.807) is 0 Å². The second-order valence-electron chi connectivity index (χ2n) is 4.51. The third-order valence-electron chi connectivity index (χ3n) is 2.42. The normalized spacial score (nSPS) is 13.8. The molecule has 0 fully saturated rings. The summed E-state index contributed by atoms with van der Waals surface area (Å²) in [7, 11) is 0. The number of nitrogens with zero attached hydrogens (tertiary/aromatic N) is 1. The van der Waals surface area contributed by atoms with Gasteiger partial charge in [0, 0.05) is 6.61 Å². The van der Waals surface area contributed by atoms with E-state index in [-0.39, 0.29) is 12.0 Å². The lowest BCUT2D eigenvalue weighted by atomic mass is 9.87. The van der Waals surface area contributed by atoms with E-state index in [4.69, 9.17) is 10.4 Å². The zero-order valence-electron chi connectivity index (χ0n) is 9.01. The van der Waals surface area contributed by atoms with Crippen molar-refractivity contribution in [2.45, 2.75) is 46.5 Å². The van der Waals surface area contributed by atoms with Crippen LogP contribution in [0.3, 0.4) is 0 Å². The van der Waals surface area contributed by atoms with Crippen LogP contribution in [0.25, 0.3) is 0 Å². The first-order chi connectivity index (χ1) is 6.02. The summed E-state index contributed by atoms with van der Waals surface area (Å²) in [5, 5.41) is 17.5. The van der Waals surface area contributed by atoms with E-state index >= 15 is 0 Å². The molecule has 0 heterocycles. The second-order valence-corrected chi connectivity index (χ2v) is 4.51. The highest BCUT2D eigenvalue weighted by Gasteiger charge is 2.16. The maximum atomic E-state index is 8.77. The smallest absolute Gasteiger partial charge is 0.0683 e. The van der Waals surface area contributed by atoms with Crippen LogP contribution in [0.4, 0.5) is 0 Å². The Morgan fingerprint density at radius 3 is 2.46 bits per heavy atom. The molecule has 0 saturated carbocycles. The number of hydrogen-bond donors (Lipinski definition) is 1. The highest BCUT2D eigenvalue weighted by atomic mass is 16.3. The highest BCUT2D eigenvalue weighted by Crippen LogP contribution is 2.23. The van der Waals surface area contributed by atoms with Crippen molar-refractivity contribution in [1.29, 1.82) is 5.26 Å². The van der Waals surface area contributed by atoms with E-state index in [9.17, 15) is 0 Å². The number of aliphatic hydroxyl groups excluding tert-OH is 1. The molecule has 0 aliphatic rings. The molecule has 0 aliphatic carbocycles. The molecule has 0 spiro atoms. The number of aliphatic hydroxyl groups is 1. The Morgan fingerprint density at radius 1 is 1.38 bits per heavy atom. The minimum absolute atomic E-state index is 0.182. The van der Waals surface area contributed by atoms with Gasteiger partial charge in [0.1, 0.15) is 0 Å². The maximum Gasteiger partial charge on any atom is 0.0683 e. The molecule has 0 radical (unpaired) electrons. The zero-order chi connectivity index (χ0) is 10.3. The molecule has 0 bridgehead atoms. The van der Waals surface area contributed by atoms with Crippen LogP contribution in [0.2, 0.25) is 0 Å². The Bertz CT molecular complexity index is 169. The standard InChI is InChI=1S/C11H21NO/c1-10(6-8-13)5-4-7-11(2,3)9-12/h10,13H,4-8H2,1-3H3. The van der Waals surface area contributed by atoms with Gasteiger partial charge < -0.3 is 5.11 Å². The molecule has 76 valence electrons. The third kappa shape index (κ3) is 6.60. The highest BCUT2D eigenvalue weighted by molar-refractivity contribution is 4.91. The van der Waals surface area contributed by atoms with Crippen LogP contribution in [-0.2, 0) is 0 Å². The number of nitriles is 1. The molecule has 0 saturated heterocycles. The first-order valence-corrected chi connectivity index (χ1v) is 5.04.